The zero-order chi connectivity index (χ0) is 13.1. The van der Waals surface area contributed by atoms with E-state index in [4.69, 9.17) is 5.10 Å². The van der Waals surface area contributed by atoms with Gasteiger partial charge in [-0.05, 0) is 32.5 Å². The average molecular weight is 295 g/mol. The summed E-state index contributed by atoms with van der Waals surface area (Å²) in [5, 5.41) is 9.54. The highest BCUT2D eigenvalue weighted by Gasteiger charge is 2.14. The summed E-state index contributed by atoms with van der Waals surface area (Å²) >= 11 is 0. The van der Waals surface area contributed by atoms with Gasteiger partial charge in [0, 0.05) is 31.6 Å². The molecule has 0 amide bonds. The van der Waals surface area contributed by atoms with Gasteiger partial charge in [0.15, 0.2) is 0 Å². The quantitative estimate of drug-likeness (QED) is 0.943. The molecule has 1 aromatic carbocycles. The van der Waals surface area contributed by atoms with Crippen LogP contribution in [0.25, 0.3) is 10.9 Å². The van der Waals surface area contributed by atoms with Gasteiger partial charge in [-0.3, -0.25) is 9.58 Å². The van der Waals surface area contributed by atoms with Gasteiger partial charge in [-0.1, -0.05) is 18.2 Å². The highest BCUT2D eigenvalue weighted by molar-refractivity contribution is 5.85. The maximum absolute atomic E-state index is 4.79. The monoisotopic (exact) mass is 294 g/mol. The van der Waals surface area contributed by atoms with E-state index in [2.05, 4.69) is 46.1 Å². The summed E-state index contributed by atoms with van der Waals surface area (Å²) < 4.78 is 2.11. The Balaban J connectivity index is 0.00000147. The van der Waals surface area contributed by atoms with Crippen LogP contribution in [0.3, 0.4) is 0 Å². The number of aromatic nitrogens is 2. The number of benzene rings is 1. The van der Waals surface area contributed by atoms with Crippen molar-refractivity contribution >= 4 is 23.3 Å². The van der Waals surface area contributed by atoms with E-state index >= 15 is 0 Å². The van der Waals surface area contributed by atoms with Crippen molar-refractivity contribution in [3.05, 3.63) is 30.0 Å². The second-order valence-corrected chi connectivity index (χ2v) is 5.16. The highest BCUT2D eigenvalue weighted by atomic mass is 35.5. The molecule has 3 rings (SSSR count). The van der Waals surface area contributed by atoms with Crippen molar-refractivity contribution in [3.63, 3.8) is 0 Å². The fourth-order valence-electron chi connectivity index (χ4n) is 2.83. The molecule has 110 valence electrons. The van der Waals surface area contributed by atoms with Crippen molar-refractivity contribution in [3.8, 4) is 0 Å². The third-order valence-electron chi connectivity index (χ3n) is 3.84. The molecular formula is C15H23ClN4. The molecule has 2 heterocycles. The van der Waals surface area contributed by atoms with Crippen LogP contribution in [-0.2, 0) is 13.1 Å². The Morgan fingerprint density at radius 1 is 1.20 bits per heavy atom. The smallest absolute Gasteiger partial charge is 0.0843 e. The standard InChI is InChI=1S/C15H22N4.ClH/c1-2-19-15-7-4-3-6-13(15)14(17-19)12-18-10-5-8-16-9-11-18;/h3-4,6-7,16H,2,5,8-12H2,1H3;1H. The van der Waals surface area contributed by atoms with Gasteiger partial charge in [0.2, 0.25) is 0 Å². The van der Waals surface area contributed by atoms with Gasteiger partial charge in [-0.25, -0.2) is 0 Å². The van der Waals surface area contributed by atoms with Crippen molar-refractivity contribution in [1.29, 1.82) is 0 Å². The van der Waals surface area contributed by atoms with E-state index in [1.807, 2.05) is 0 Å². The molecule has 0 unspecified atom stereocenters. The second-order valence-electron chi connectivity index (χ2n) is 5.16. The van der Waals surface area contributed by atoms with Crippen LogP contribution in [0.1, 0.15) is 19.0 Å². The first kappa shape index (κ1) is 15.3. The number of aryl methyl sites for hydroxylation is 1. The number of para-hydroxylation sites is 1. The van der Waals surface area contributed by atoms with Gasteiger partial charge in [0.25, 0.3) is 0 Å². The number of nitrogens with one attached hydrogen (secondary N) is 1. The Kier molecular flexibility index (Phi) is 5.40. The van der Waals surface area contributed by atoms with Gasteiger partial charge in [-0.2, -0.15) is 5.10 Å². The lowest BCUT2D eigenvalue weighted by Gasteiger charge is -2.17. The van der Waals surface area contributed by atoms with Crippen molar-refractivity contribution in [2.45, 2.75) is 26.4 Å². The Morgan fingerprint density at radius 2 is 2.05 bits per heavy atom. The molecule has 20 heavy (non-hydrogen) atoms. The predicted octanol–water partition coefficient (Wildman–Crippen LogP) is 2.27. The summed E-state index contributed by atoms with van der Waals surface area (Å²) in [6.07, 6.45) is 1.23. The van der Waals surface area contributed by atoms with E-state index in [1.165, 1.54) is 29.6 Å². The first-order chi connectivity index (χ1) is 9.38. The fourth-order valence-corrected chi connectivity index (χ4v) is 2.83. The molecule has 4 nitrogen and oxygen atoms in total. The van der Waals surface area contributed by atoms with Crippen LogP contribution in [0.4, 0.5) is 0 Å². The largest absolute Gasteiger partial charge is 0.315 e. The molecule has 0 atom stereocenters. The van der Waals surface area contributed by atoms with Crippen LogP contribution in [0.15, 0.2) is 24.3 Å². The molecular weight excluding hydrogens is 272 g/mol. The minimum absolute atomic E-state index is 0. The van der Waals surface area contributed by atoms with E-state index < -0.39 is 0 Å². The van der Waals surface area contributed by atoms with Crippen LogP contribution in [-0.4, -0.2) is 40.9 Å². The summed E-state index contributed by atoms with van der Waals surface area (Å²) in [4.78, 5) is 2.51. The Labute approximate surface area is 126 Å². The molecule has 1 aromatic heterocycles. The molecule has 0 bridgehead atoms. The SMILES string of the molecule is CCn1nc(CN2CCCNCC2)c2ccccc21.Cl. The third-order valence-corrected chi connectivity index (χ3v) is 3.84. The predicted molar refractivity (Wildman–Crippen MR) is 85.4 cm³/mol. The van der Waals surface area contributed by atoms with Crippen molar-refractivity contribution in [1.82, 2.24) is 20.0 Å². The molecule has 0 saturated carbocycles. The minimum atomic E-state index is 0. The summed E-state index contributed by atoms with van der Waals surface area (Å²) in [5.74, 6) is 0. The summed E-state index contributed by atoms with van der Waals surface area (Å²) in [7, 11) is 0. The van der Waals surface area contributed by atoms with Crippen molar-refractivity contribution < 1.29 is 0 Å². The first-order valence-electron chi connectivity index (χ1n) is 7.26. The average Bonchev–Trinajstić information content (AvgIpc) is 2.62. The summed E-state index contributed by atoms with van der Waals surface area (Å²) in [6, 6.07) is 8.56. The molecule has 5 heteroatoms. The Morgan fingerprint density at radius 3 is 2.90 bits per heavy atom. The number of hydrogen-bond acceptors (Lipinski definition) is 3. The molecule has 2 aromatic rings. The summed E-state index contributed by atoms with van der Waals surface area (Å²) in [5.41, 5.74) is 2.48. The van der Waals surface area contributed by atoms with Crippen LogP contribution in [0.5, 0.6) is 0 Å². The number of hydrogen-bond donors (Lipinski definition) is 1. The molecule has 0 aliphatic carbocycles. The van der Waals surface area contributed by atoms with Gasteiger partial charge < -0.3 is 5.32 Å². The van der Waals surface area contributed by atoms with E-state index in [0.717, 1.165) is 32.7 Å². The number of halogens is 1. The van der Waals surface area contributed by atoms with E-state index in [-0.39, 0.29) is 12.4 Å². The van der Waals surface area contributed by atoms with Crippen molar-refractivity contribution in [2.75, 3.05) is 26.2 Å². The van der Waals surface area contributed by atoms with Crippen LogP contribution in [0.2, 0.25) is 0 Å². The lowest BCUT2D eigenvalue weighted by atomic mass is 10.2. The van der Waals surface area contributed by atoms with Gasteiger partial charge in [0.1, 0.15) is 0 Å². The number of fused-ring (bicyclic) bond motifs is 1. The molecule has 1 fully saturated rings. The lowest BCUT2D eigenvalue weighted by molar-refractivity contribution is 0.281. The topological polar surface area (TPSA) is 33.1 Å². The zero-order valence-electron chi connectivity index (χ0n) is 12.0. The molecule has 1 N–H and O–H groups in total. The zero-order valence-corrected chi connectivity index (χ0v) is 12.8. The molecule has 1 aliphatic rings. The normalized spacial score (nSPS) is 16.9. The van der Waals surface area contributed by atoms with Crippen LogP contribution < -0.4 is 5.32 Å². The van der Waals surface area contributed by atoms with E-state index in [9.17, 15) is 0 Å². The molecule has 1 saturated heterocycles. The van der Waals surface area contributed by atoms with Crippen LogP contribution >= 0.6 is 12.4 Å². The lowest BCUT2D eigenvalue weighted by Crippen LogP contribution is -2.27. The fraction of sp³-hybridized carbons (Fsp3) is 0.533. The maximum atomic E-state index is 4.79. The number of rotatable bonds is 3. The molecule has 0 radical (unpaired) electrons. The maximum Gasteiger partial charge on any atom is 0.0843 e. The number of nitrogens with zero attached hydrogens (tertiary/aromatic N) is 3. The van der Waals surface area contributed by atoms with Gasteiger partial charge in [0.05, 0.1) is 11.2 Å². The van der Waals surface area contributed by atoms with Gasteiger partial charge in [-0.15, -0.1) is 12.4 Å². The third kappa shape index (κ3) is 3.14. The van der Waals surface area contributed by atoms with Crippen molar-refractivity contribution in [2.24, 2.45) is 0 Å². The Bertz CT molecular complexity index is 544. The minimum Gasteiger partial charge on any atom is -0.315 e. The highest BCUT2D eigenvalue weighted by Crippen LogP contribution is 2.20. The molecule has 1 aliphatic heterocycles. The van der Waals surface area contributed by atoms with Crippen LogP contribution in [0, 0.1) is 0 Å². The first-order valence-corrected chi connectivity index (χ1v) is 7.26. The Hall–Kier alpha value is -1.10. The summed E-state index contributed by atoms with van der Waals surface area (Å²) in [6.45, 7) is 8.57. The van der Waals surface area contributed by atoms with E-state index in [0.29, 0.717) is 0 Å². The molecule has 0 spiro atoms. The van der Waals surface area contributed by atoms with Gasteiger partial charge >= 0.3 is 0 Å². The second kappa shape index (κ2) is 7.07. The van der Waals surface area contributed by atoms with E-state index in [1.54, 1.807) is 0 Å².